The van der Waals surface area contributed by atoms with Crippen molar-refractivity contribution < 1.29 is 0 Å². The summed E-state index contributed by atoms with van der Waals surface area (Å²) in [5.41, 5.74) is 1.64. The first-order valence-corrected chi connectivity index (χ1v) is 8.70. The van der Waals surface area contributed by atoms with Gasteiger partial charge in [-0.25, -0.2) is 0 Å². The molecule has 3 rings (SSSR count). The Balaban J connectivity index is 1.81. The van der Waals surface area contributed by atoms with Crippen LogP contribution in [-0.4, -0.2) is 29.6 Å². The Labute approximate surface area is 133 Å². The van der Waals surface area contributed by atoms with E-state index in [-0.39, 0.29) is 0 Å². The van der Waals surface area contributed by atoms with Crippen LogP contribution in [0.15, 0.2) is 24.3 Å². The van der Waals surface area contributed by atoms with Crippen molar-refractivity contribution >= 4 is 11.6 Å². The molecule has 1 unspecified atom stereocenters. The maximum Gasteiger partial charge on any atom is 0.0451 e. The largest absolute Gasteiger partial charge is 0.311 e. The molecule has 1 aliphatic heterocycles. The van der Waals surface area contributed by atoms with Gasteiger partial charge < -0.3 is 5.32 Å². The lowest BCUT2D eigenvalue weighted by molar-refractivity contribution is 0.0261. The van der Waals surface area contributed by atoms with Crippen molar-refractivity contribution in [3.8, 4) is 0 Å². The van der Waals surface area contributed by atoms with E-state index in [1.54, 1.807) is 0 Å². The van der Waals surface area contributed by atoms with E-state index in [9.17, 15) is 0 Å². The Hall–Kier alpha value is -0.570. The highest BCUT2D eigenvalue weighted by Gasteiger charge is 2.43. The molecule has 0 bridgehead atoms. The van der Waals surface area contributed by atoms with Gasteiger partial charge in [0.1, 0.15) is 0 Å². The zero-order chi connectivity index (χ0) is 14.9. The molecule has 2 aliphatic rings. The SMILES string of the molecule is CC(C)C1CN(Cc2ccccc2Cl)C2(CCCC2)CN1. The summed E-state index contributed by atoms with van der Waals surface area (Å²) < 4.78 is 0. The normalized spacial score (nSPS) is 25.8. The highest BCUT2D eigenvalue weighted by molar-refractivity contribution is 6.31. The fourth-order valence-electron chi connectivity index (χ4n) is 3.97. The van der Waals surface area contributed by atoms with Crippen LogP contribution >= 0.6 is 11.6 Å². The second kappa shape index (κ2) is 6.28. The third-order valence-electron chi connectivity index (χ3n) is 5.44. The van der Waals surface area contributed by atoms with E-state index in [4.69, 9.17) is 11.6 Å². The van der Waals surface area contributed by atoms with E-state index in [1.165, 1.54) is 31.2 Å². The molecule has 2 nitrogen and oxygen atoms in total. The van der Waals surface area contributed by atoms with E-state index in [0.29, 0.717) is 17.5 Å². The summed E-state index contributed by atoms with van der Waals surface area (Å²) in [5, 5.41) is 4.71. The fraction of sp³-hybridized carbons (Fsp3) is 0.667. The smallest absolute Gasteiger partial charge is 0.0451 e. The summed E-state index contributed by atoms with van der Waals surface area (Å²) in [5.74, 6) is 0.678. The van der Waals surface area contributed by atoms with E-state index >= 15 is 0 Å². The molecule has 1 aliphatic carbocycles. The summed E-state index contributed by atoms with van der Waals surface area (Å²) >= 11 is 6.40. The van der Waals surface area contributed by atoms with E-state index in [1.807, 2.05) is 12.1 Å². The minimum absolute atomic E-state index is 0.366. The molecule has 1 saturated heterocycles. The monoisotopic (exact) mass is 306 g/mol. The van der Waals surface area contributed by atoms with Gasteiger partial charge in [0.25, 0.3) is 0 Å². The van der Waals surface area contributed by atoms with E-state index in [0.717, 1.165) is 24.7 Å². The average molecular weight is 307 g/mol. The number of hydrogen-bond donors (Lipinski definition) is 1. The van der Waals surface area contributed by atoms with Crippen molar-refractivity contribution in [2.24, 2.45) is 5.92 Å². The zero-order valence-corrected chi connectivity index (χ0v) is 14.0. The van der Waals surface area contributed by atoms with Crippen LogP contribution in [-0.2, 0) is 6.54 Å². The summed E-state index contributed by atoms with van der Waals surface area (Å²) in [6.07, 6.45) is 5.39. The van der Waals surface area contributed by atoms with Crippen molar-refractivity contribution in [3.05, 3.63) is 34.9 Å². The molecule has 1 aromatic rings. The van der Waals surface area contributed by atoms with Gasteiger partial charge in [-0.15, -0.1) is 0 Å². The lowest BCUT2D eigenvalue weighted by atomic mass is 9.88. The van der Waals surface area contributed by atoms with Crippen LogP contribution in [0.25, 0.3) is 0 Å². The minimum Gasteiger partial charge on any atom is -0.311 e. The summed E-state index contributed by atoms with van der Waals surface area (Å²) in [4.78, 5) is 2.72. The quantitative estimate of drug-likeness (QED) is 0.905. The molecule has 1 aromatic carbocycles. The van der Waals surface area contributed by atoms with Crippen molar-refractivity contribution in [2.45, 2.75) is 57.7 Å². The van der Waals surface area contributed by atoms with Crippen molar-refractivity contribution in [3.63, 3.8) is 0 Å². The second-order valence-corrected chi connectivity index (χ2v) is 7.54. The molecule has 1 N–H and O–H groups in total. The first-order valence-electron chi connectivity index (χ1n) is 8.33. The maximum absolute atomic E-state index is 6.40. The van der Waals surface area contributed by atoms with E-state index < -0.39 is 0 Å². The van der Waals surface area contributed by atoms with Crippen LogP contribution < -0.4 is 5.32 Å². The van der Waals surface area contributed by atoms with Crippen LogP contribution in [0.3, 0.4) is 0 Å². The standard InChI is InChI=1S/C18H27ClN2/c1-14(2)17-12-21(11-15-7-3-4-8-16(15)19)18(13-20-17)9-5-6-10-18/h3-4,7-8,14,17,20H,5-6,9-13H2,1-2H3. The molecule has 1 spiro atoms. The number of nitrogens with one attached hydrogen (secondary N) is 1. The molecule has 1 atom stereocenters. The Kier molecular flexibility index (Phi) is 4.58. The first kappa shape index (κ1) is 15.3. The number of benzene rings is 1. The number of hydrogen-bond acceptors (Lipinski definition) is 2. The van der Waals surface area contributed by atoms with Gasteiger partial charge in [0.05, 0.1) is 0 Å². The molecule has 1 heterocycles. The number of halogens is 1. The molecule has 3 heteroatoms. The molecule has 1 saturated carbocycles. The molecule has 21 heavy (non-hydrogen) atoms. The van der Waals surface area contributed by atoms with Gasteiger partial charge in [0, 0.05) is 36.2 Å². The topological polar surface area (TPSA) is 15.3 Å². The lowest BCUT2D eigenvalue weighted by Crippen LogP contribution is -2.64. The summed E-state index contributed by atoms with van der Waals surface area (Å²) in [6, 6.07) is 8.91. The Morgan fingerprint density at radius 1 is 1.29 bits per heavy atom. The highest BCUT2D eigenvalue weighted by Crippen LogP contribution is 2.38. The molecule has 0 amide bonds. The van der Waals surface area contributed by atoms with Gasteiger partial charge in [-0.05, 0) is 30.4 Å². The lowest BCUT2D eigenvalue weighted by Gasteiger charge is -2.49. The molecule has 116 valence electrons. The third-order valence-corrected chi connectivity index (χ3v) is 5.81. The van der Waals surface area contributed by atoms with Gasteiger partial charge >= 0.3 is 0 Å². The molecular formula is C18H27ClN2. The maximum atomic E-state index is 6.40. The summed E-state index contributed by atoms with van der Waals surface area (Å²) in [7, 11) is 0. The van der Waals surface area contributed by atoms with Gasteiger partial charge in [-0.3, -0.25) is 4.90 Å². The fourth-order valence-corrected chi connectivity index (χ4v) is 4.16. The predicted molar refractivity (Wildman–Crippen MR) is 89.7 cm³/mol. The van der Waals surface area contributed by atoms with Crippen LogP contribution in [0.2, 0.25) is 5.02 Å². The minimum atomic E-state index is 0.366. The van der Waals surface area contributed by atoms with Crippen LogP contribution in [0.5, 0.6) is 0 Å². The van der Waals surface area contributed by atoms with Gasteiger partial charge in [-0.1, -0.05) is 56.5 Å². The summed E-state index contributed by atoms with van der Waals surface area (Å²) in [6.45, 7) is 7.91. The molecular weight excluding hydrogens is 280 g/mol. The van der Waals surface area contributed by atoms with Crippen LogP contribution in [0.4, 0.5) is 0 Å². The zero-order valence-electron chi connectivity index (χ0n) is 13.2. The van der Waals surface area contributed by atoms with Crippen molar-refractivity contribution in [2.75, 3.05) is 13.1 Å². The number of piperazine rings is 1. The van der Waals surface area contributed by atoms with Crippen molar-refractivity contribution in [1.29, 1.82) is 0 Å². The first-order chi connectivity index (χ1) is 10.1. The van der Waals surface area contributed by atoms with Crippen LogP contribution in [0, 0.1) is 5.92 Å². The van der Waals surface area contributed by atoms with Crippen LogP contribution in [0.1, 0.15) is 45.1 Å². The Bertz CT molecular complexity index is 480. The van der Waals surface area contributed by atoms with Gasteiger partial charge in [0.2, 0.25) is 0 Å². The van der Waals surface area contributed by atoms with Crippen molar-refractivity contribution in [1.82, 2.24) is 10.2 Å². The molecule has 0 radical (unpaired) electrons. The Morgan fingerprint density at radius 2 is 2.00 bits per heavy atom. The predicted octanol–water partition coefficient (Wildman–Crippen LogP) is 4.08. The average Bonchev–Trinajstić information content (AvgIpc) is 2.93. The Morgan fingerprint density at radius 3 is 2.67 bits per heavy atom. The van der Waals surface area contributed by atoms with Gasteiger partial charge in [-0.2, -0.15) is 0 Å². The third kappa shape index (κ3) is 3.13. The number of rotatable bonds is 3. The molecule has 0 aromatic heterocycles. The highest BCUT2D eigenvalue weighted by atomic mass is 35.5. The second-order valence-electron chi connectivity index (χ2n) is 7.13. The number of nitrogens with zero attached hydrogens (tertiary/aromatic N) is 1. The molecule has 2 fully saturated rings. The van der Waals surface area contributed by atoms with Gasteiger partial charge in [0.15, 0.2) is 0 Å². The van der Waals surface area contributed by atoms with E-state index in [2.05, 4.69) is 36.2 Å².